The van der Waals surface area contributed by atoms with Crippen LogP contribution in [0.25, 0.3) is 0 Å². The minimum absolute atomic E-state index is 0.369. The molecule has 2 heterocycles. The molecule has 35 heavy (non-hydrogen) atoms. The third-order valence-corrected chi connectivity index (χ3v) is 6.52. The van der Waals surface area contributed by atoms with Gasteiger partial charge in [-0.1, -0.05) is 0 Å². The molecule has 0 aromatic heterocycles. The molecular formula is C21H30O14. The highest BCUT2D eigenvalue weighted by Gasteiger charge is 2.71. The SMILES string of the molecule is COC(=O)C1=COC(OC2OC(CO)C(O)C(O)C2O)C2C1(O)CC(OC(C)=O)C2(C)OC(C)=O. The Morgan fingerprint density at radius 3 is 2.29 bits per heavy atom. The number of aliphatic hydroxyl groups excluding tert-OH is 4. The normalized spacial score (nSPS) is 42.8. The average Bonchev–Trinajstić information content (AvgIpc) is 2.99. The molecule has 1 saturated heterocycles. The summed E-state index contributed by atoms with van der Waals surface area (Å²) in [6.07, 6.45) is -10.7. The summed E-state index contributed by atoms with van der Waals surface area (Å²) >= 11 is 0. The van der Waals surface area contributed by atoms with Gasteiger partial charge in [0.1, 0.15) is 41.7 Å². The lowest BCUT2D eigenvalue weighted by Gasteiger charge is -2.47. The molecule has 198 valence electrons. The van der Waals surface area contributed by atoms with E-state index in [0.29, 0.717) is 0 Å². The second kappa shape index (κ2) is 9.97. The van der Waals surface area contributed by atoms with E-state index in [2.05, 4.69) is 0 Å². The number of carbonyl (C=O) groups excluding carboxylic acids is 3. The second-order valence-electron chi connectivity index (χ2n) is 8.84. The molecular weight excluding hydrogens is 476 g/mol. The smallest absolute Gasteiger partial charge is 0.339 e. The maximum atomic E-state index is 12.4. The molecule has 3 aliphatic rings. The van der Waals surface area contributed by atoms with E-state index in [1.807, 2.05) is 0 Å². The van der Waals surface area contributed by atoms with E-state index >= 15 is 0 Å². The minimum Gasteiger partial charge on any atom is -0.471 e. The molecule has 14 heteroatoms. The van der Waals surface area contributed by atoms with E-state index in [1.54, 1.807) is 0 Å². The van der Waals surface area contributed by atoms with Gasteiger partial charge in [-0.05, 0) is 6.92 Å². The van der Waals surface area contributed by atoms with Crippen LogP contribution in [0.4, 0.5) is 0 Å². The number of ether oxygens (including phenoxy) is 6. The molecule has 1 aliphatic carbocycles. The van der Waals surface area contributed by atoms with Crippen molar-refractivity contribution in [2.24, 2.45) is 5.92 Å². The van der Waals surface area contributed by atoms with Crippen LogP contribution in [-0.2, 0) is 42.8 Å². The lowest BCUT2D eigenvalue weighted by molar-refractivity contribution is -0.352. The molecule has 10 unspecified atom stereocenters. The fourth-order valence-corrected chi connectivity index (χ4v) is 4.93. The molecule has 0 radical (unpaired) electrons. The molecule has 2 aliphatic heterocycles. The number of methoxy groups -OCH3 is 1. The Hall–Kier alpha value is -2.33. The molecule has 10 atom stereocenters. The van der Waals surface area contributed by atoms with Gasteiger partial charge in [0.15, 0.2) is 11.9 Å². The standard InChI is InChI=1S/C21H30O14/c1-8(23)32-12-5-21(29)10(17(28)30-4)7-31-19(16(21)20(12,3)35-9(2)24)34-18-15(27)14(26)13(25)11(6-22)33-18/h7,11-16,18-19,22,25-27,29H,5-6H2,1-4H3. The predicted molar refractivity (Wildman–Crippen MR) is 109 cm³/mol. The van der Waals surface area contributed by atoms with Crippen LogP contribution in [0.1, 0.15) is 27.2 Å². The number of hydrogen-bond acceptors (Lipinski definition) is 14. The van der Waals surface area contributed by atoms with Crippen molar-refractivity contribution in [3.8, 4) is 0 Å². The first kappa shape index (κ1) is 27.3. The van der Waals surface area contributed by atoms with Crippen molar-refractivity contribution in [2.75, 3.05) is 13.7 Å². The van der Waals surface area contributed by atoms with E-state index < -0.39 is 91.2 Å². The highest BCUT2D eigenvalue weighted by Crippen LogP contribution is 2.55. The van der Waals surface area contributed by atoms with Crippen molar-refractivity contribution in [1.82, 2.24) is 0 Å². The Bertz CT molecular complexity index is 872. The van der Waals surface area contributed by atoms with Crippen molar-refractivity contribution >= 4 is 17.9 Å². The fourth-order valence-electron chi connectivity index (χ4n) is 4.93. The van der Waals surface area contributed by atoms with E-state index in [4.69, 9.17) is 28.4 Å². The highest BCUT2D eigenvalue weighted by molar-refractivity contribution is 5.91. The molecule has 5 N–H and O–H groups in total. The fraction of sp³-hybridized carbons (Fsp3) is 0.762. The Kier molecular flexibility index (Phi) is 7.76. The Labute approximate surface area is 199 Å². The topological polar surface area (TPSA) is 208 Å². The first-order valence-corrected chi connectivity index (χ1v) is 10.8. The summed E-state index contributed by atoms with van der Waals surface area (Å²) in [4.78, 5) is 36.2. The molecule has 0 amide bonds. The lowest BCUT2D eigenvalue weighted by Crippen LogP contribution is -2.63. The maximum absolute atomic E-state index is 12.4. The maximum Gasteiger partial charge on any atom is 0.339 e. The number of rotatable bonds is 6. The molecule has 0 aromatic rings. The highest BCUT2D eigenvalue weighted by atomic mass is 16.8. The van der Waals surface area contributed by atoms with Gasteiger partial charge in [0.25, 0.3) is 0 Å². The molecule has 0 bridgehead atoms. The summed E-state index contributed by atoms with van der Waals surface area (Å²) in [5, 5.41) is 51.6. The molecule has 1 saturated carbocycles. The second-order valence-corrected chi connectivity index (χ2v) is 8.84. The van der Waals surface area contributed by atoms with E-state index in [0.717, 1.165) is 27.2 Å². The van der Waals surface area contributed by atoms with Crippen molar-refractivity contribution in [3.63, 3.8) is 0 Å². The van der Waals surface area contributed by atoms with Gasteiger partial charge in [-0.25, -0.2) is 4.79 Å². The molecule has 3 rings (SSSR count). The molecule has 0 aromatic carbocycles. The third kappa shape index (κ3) is 4.74. The number of carbonyl (C=O) groups is 3. The van der Waals surface area contributed by atoms with Gasteiger partial charge >= 0.3 is 17.9 Å². The van der Waals surface area contributed by atoms with Gasteiger partial charge in [0.2, 0.25) is 6.29 Å². The monoisotopic (exact) mass is 506 g/mol. The van der Waals surface area contributed by atoms with E-state index in [1.165, 1.54) is 6.92 Å². The number of esters is 3. The van der Waals surface area contributed by atoms with Crippen molar-refractivity contribution < 1.29 is 68.3 Å². The van der Waals surface area contributed by atoms with Crippen LogP contribution in [-0.4, -0.2) is 111 Å². The van der Waals surface area contributed by atoms with Gasteiger partial charge < -0.3 is 54.0 Å². The first-order chi connectivity index (χ1) is 16.3. The molecule has 14 nitrogen and oxygen atoms in total. The molecule has 2 fully saturated rings. The van der Waals surface area contributed by atoms with Gasteiger partial charge in [-0.2, -0.15) is 0 Å². The zero-order valence-corrected chi connectivity index (χ0v) is 19.5. The molecule has 0 spiro atoms. The summed E-state index contributed by atoms with van der Waals surface area (Å²) < 4.78 is 32.1. The summed E-state index contributed by atoms with van der Waals surface area (Å²) in [5.74, 6) is -3.99. The van der Waals surface area contributed by atoms with Crippen LogP contribution in [0, 0.1) is 5.92 Å². The van der Waals surface area contributed by atoms with Crippen LogP contribution >= 0.6 is 0 Å². The number of aliphatic hydroxyl groups is 5. The predicted octanol–water partition coefficient (Wildman–Crippen LogP) is -2.78. The van der Waals surface area contributed by atoms with Crippen molar-refractivity contribution in [2.45, 2.75) is 81.5 Å². The van der Waals surface area contributed by atoms with Crippen molar-refractivity contribution in [1.29, 1.82) is 0 Å². The van der Waals surface area contributed by atoms with Crippen LogP contribution in [0.5, 0.6) is 0 Å². The summed E-state index contributed by atoms with van der Waals surface area (Å²) in [5.41, 5.74) is -4.36. The lowest BCUT2D eigenvalue weighted by atomic mass is 9.77. The summed E-state index contributed by atoms with van der Waals surface area (Å²) in [7, 11) is 1.07. The Morgan fingerprint density at radius 1 is 1.09 bits per heavy atom. The van der Waals surface area contributed by atoms with Crippen molar-refractivity contribution in [3.05, 3.63) is 11.8 Å². The first-order valence-electron chi connectivity index (χ1n) is 10.8. The average molecular weight is 506 g/mol. The van der Waals surface area contributed by atoms with Gasteiger partial charge in [0, 0.05) is 20.3 Å². The Morgan fingerprint density at radius 2 is 1.74 bits per heavy atom. The third-order valence-electron chi connectivity index (χ3n) is 6.52. The zero-order valence-electron chi connectivity index (χ0n) is 19.5. The van der Waals surface area contributed by atoms with Crippen LogP contribution in [0.15, 0.2) is 11.8 Å². The summed E-state index contributed by atoms with van der Waals surface area (Å²) in [6.45, 7) is 2.81. The minimum atomic E-state index is -2.17. The Balaban J connectivity index is 2.05. The quantitative estimate of drug-likeness (QED) is 0.182. The van der Waals surface area contributed by atoms with Gasteiger partial charge in [-0.15, -0.1) is 0 Å². The van der Waals surface area contributed by atoms with Gasteiger partial charge in [-0.3, -0.25) is 9.59 Å². The van der Waals surface area contributed by atoms with Gasteiger partial charge in [0.05, 0.1) is 25.9 Å². The van der Waals surface area contributed by atoms with E-state index in [9.17, 15) is 39.9 Å². The van der Waals surface area contributed by atoms with Crippen LogP contribution in [0.2, 0.25) is 0 Å². The van der Waals surface area contributed by atoms with Crippen LogP contribution in [0.3, 0.4) is 0 Å². The van der Waals surface area contributed by atoms with Crippen LogP contribution < -0.4 is 0 Å². The number of hydrogen-bond donors (Lipinski definition) is 5. The number of fused-ring (bicyclic) bond motifs is 1. The largest absolute Gasteiger partial charge is 0.471 e. The zero-order chi connectivity index (χ0) is 26.3. The van der Waals surface area contributed by atoms with E-state index in [-0.39, 0.29) is 5.57 Å². The summed E-state index contributed by atoms with van der Waals surface area (Å²) in [6, 6.07) is 0.